The predicted octanol–water partition coefficient (Wildman–Crippen LogP) is 5.86. The van der Waals surface area contributed by atoms with Crippen molar-refractivity contribution in [2.24, 2.45) is 0 Å². The van der Waals surface area contributed by atoms with Crippen LogP contribution in [0.1, 0.15) is 27.0 Å². The van der Waals surface area contributed by atoms with Gasteiger partial charge in [-0.1, -0.05) is 54.6 Å². The van der Waals surface area contributed by atoms with Crippen molar-refractivity contribution >= 4 is 23.6 Å². The van der Waals surface area contributed by atoms with Gasteiger partial charge in [0.25, 0.3) is 5.91 Å². The van der Waals surface area contributed by atoms with Crippen molar-refractivity contribution in [2.45, 2.75) is 13.2 Å². The van der Waals surface area contributed by atoms with Crippen molar-refractivity contribution in [3.8, 4) is 11.5 Å². The number of amides is 2. The fourth-order valence-corrected chi connectivity index (χ4v) is 3.49. The molecule has 0 saturated carbocycles. The molecule has 0 unspecified atom stereocenters. The van der Waals surface area contributed by atoms with E-state index >= 15 is 0 Å². The summed E-state index contributed by atoms with van der Waals surface area (Å²) >= 11 is 0. The van der Waals surface area contributed by atoms with E-state index in [4.69, 9.17) is 9.47 Å². The Labute approximate surface area is 216 Å². The predicted molar refractivity (Wildman–Crippen MR) is 145 cm³/mol. The van der Waals surface area contributed by atoms with Crippen LogP contribution in [0.25, 0.3) is 6.08 Å². The van der Waals surface area contributed by atoms with Crippen molar-refractivity contribution in [3.05, 3.63) is 131 Å². The van der Waals surface area contributed by atoms with Crippen LogP contribution in [0.15, 0.2) is 109 Å². The second-order valence-electron chi connectivity index (χ2n) is 8.27. The summed E-state index contributed by atoms with van der Waals surface area (Å²) in [7, 11) is 1.59. The van der Waals surface area contributed by atoms with Gasteiger partial charge in [-0.05, 0) is 71.3 Å². The molecule has 0 aliphatic heterocycles. The molecule has 2 amide bonds. The second-order valence-corrected chi connectivity index (χ2v) is 8.27. The number of carbonyl (C=O) groups excluding carboxylic acids is 2. The Hall–Kier alpha value is -4.84. The van der Waals surface area contributed by atoms with Gasteiger partial charge in [0.1, 0.15) is 18.1 Å². The van der Waals surface area contributed by atoms with E-state index in [1.54, 1.807) is 49.6 Å². The quantitative estimate of drug-likeness (QED) is 0.272. The van der Waals surface area contributed by atoms with Crippen LogP contribution in [0.5, 0.6) is 11.5 Å². The largest absolute Gasteiger partial charge is 0.497 e. The van der Waals surface area contributed by atoms with E-state index in [0.717, 1.165) is 28.2 Å². The van der Waals surface area contributed by atoms with Crippen molar-refractivity contribution in [1.82, 2.24) is 5.32 Å². The molecular formula is C31H28N2O4. The van der Waals surface area contributed by atoms with E-state index in [1.807, 2.05) is 66.7 Å². The normalized spacial score (nSPS) is 10.6. The highest BCUT2D eigenvalue weighted by atomic mass is 16.5. The zero-order valence-electron chi connectivity index (χ0n) is 20.5. The van der Waals surface area contributed by atoms with Gasteiger partial charge in [0.15, 0.2) is 0 Å². The Balaban J connectivity index is 1.21. The number of hydrogen-bond acceptors (Lipinski definition) is 4. The summed E-state index contributed by atoms with van der Waals surface area (Å²) < 4.78 is 10.9. The molecular weight excluding hydrogens is 464 g/mol. The van der Waals surface area contributed by atoms with Gasteiger partial charge in [-0.15, -0.1) is 0 Å². The van der Waals surface area contributed by atoms with Crippen molar-refractivity contribution in [2.75, 3.05) is 12.4 Å². The van der Waals surface area contributed by atoms with Gasteiger partial charge in [-0.2, -0.15) is 0 Å². The Bertz CT molecular complexity index is 1330. The second kappa shape index (κ2) is 12.7. The maximum absolute atomic E-state index is 12.5. The highest BCUT2D eigenvalue weighted by Gasteiger charge is 2.07. The molecule has 0 bridgehead atoms. The molecule has 0 saturated heterocycles. The molecule has 37 heavy (non-hydrogen) atoms. The Kier molecular flexibility index (Phi) is 8.70. The molecule has 0 spiro atoms. The molecule has 0 atom stereocenters. The molecule has 6 heteroatoms. The first kappa shape index (κ1) is 25.3. The molecule has 0 aliphatic carbocycles. The van der Waals surface area contributed by atoms with Crippen molar-refractivity contribution < 1.29 is 19.1 Å². The third kappa shape index (κ3) is 7.83. The van der Waals surface area contributed by atoms with Crippen LogP contribution >= 0.6 is 0 Å². The number of carbonyl (C=O) groups is 2. The molecule has 186 valence electrons. The molecule has 0 fully saturated rings. The maximum atomic E-state index is 12.5. The van der Waals surface area contributed by atoms with Gasteiger partial charge < -0.3 is 20.1 Å². The van der Waals surface area contributed by atoms with Crippen LogP contribution < -0.4 is 20.1 Å². The lowest BCUT2D eigenvalue weighted by atomic mass is 10.1. The zero-order chi connectivity index (χ0) is 25.9. The van der Waals surface area contributed by atoms with E-state index < -0.39 is 0 Å². The fourth-order valence-electron chi connectivity index (χ4n) is 3.49. The summed E-state index contributed by atoms with van der Waals surface area (Å²) in [6.07, 6.45) is 3.25. The summed E-state index contributed by atoms with van der Waals surface area (Å²) in [5.41, 5.74) is 4.11. The minimum absolute atomic E-state index is 0.203. The molecule has 4 rings (SSSR count). The first-order valence-corrected chi connectivity index (χ1v) is 11.9. The third-order valence-corrected chi connectivity index (χ3v) is 5.59. The topological polar surface area (TPSA) is 76.7 Å². The Morgan fingerprint density at radius 3 is 2.11 bits per heavy atom. The van der Waals surface area contributed by atoms with Gasteiger partial charge >= 0.3 is 0 Å². The molecule has 0 aromatic heterocycles. The summed E-state index contributed by atoms with van der Waals surface area (Å²) in [5.74, 6) is 1.08. The van der Waals surface area contributed by atoms with Crippen molar-refractivity contribution in [3.63, 3.8) is 0 Å². The summed E-state index contributed by atoms with van der Waals surface area (Å²) in [6.45, 7) is 0.864. The van der Waals surface area contributed by atoms with Gasteiger partial charge in [0.2, 0.25) is 5.91 Å². The smallest absolute Gasteiger partial charge is 0.255 e. The molecule has 0 aliphatic rings. The van der Waals surface area contributed by atoms with Crippen LogP contribution in [0.3, 0.4) is 0 Å². The molecule has 4 aromatic carbocycles. The lowest BCUT2D eigenvalue weighted by Gasteiger charge is -2.08. The number of hydrogen-bond donors (Lipinski definition) is 2. The van der Waals surface area contributed by atoms with Crippen molar-refractivity contribution in [1.29, 1.82) is 0 Å². The van der Waals surface area contributed by atoms with Gasteiger partial charge in [0, 0.05) is 23.9 Å². The monoisotopic (exact) mass is 492 g/mol. The number of anilines is 1. The maximum Gasteiger partial charge on any atom is 0.255 e. The molecule has 2 N–H and O–H groups in total. The lowest BCUT2D eigenvalue weighted by Crippen LogP contribution is -2.20. The van der Waals surface area contributed by atoms with Crippen LogP contribution in [-0.4, -0.2) is 18.9 Å². The van der Waals surface area contributed by atoms with Crippen LogP contribution in [-0.2, 0) is 17.9 Å². The van der Waals surface area contributed by atoms with Crippen LogP contribution in [0, 0.1) is 0 Å². The van der Waals surface area contributed by atoms with E-state index in [1.165, 1.54) is 6.08 Å². The first-order valence-electron chi connectivity index (χ1n) is 11.9. The van der Waals surface area contributed by atoms with E-state index in [9.17, 15) is 9.59 Å². The molecule has 0 radical (unpaired) electrons. The first-order chi connectivity index (χ1) is 18.1. The summed E-state index contributed by atoms with van der Waals surface area (Å²) in [6, 6.07) is 31.8. The van der Waals surface area contributed by atoms with Gasteiger partial charge in [0.05, 0.1) is 7.11 Å². The standard InChI is InChI=1S/C31H28N2O4/c1-36-28-18-14-27(15-19-28)33-31(35)26-12-7-24(8-13-26)21-32-30(34)20-11-23-9-16-29(17-10-23)37-22-25-5-3-2-4-6-25/h2-20H,21-22H2,1H3,(H,32,34)(H,33,35)/b20-11+. The van der Waals surface area contributed by atoms with Gasteiger partial charge in [-0.25, -0.2) is 0 Å². The van der Waals surface area contributed by atoms with Crippen LogP contribution in [0.2, 0.25) is 0 Å². The van der Waals surface area contributed by atoms with E-state index in [2.05, 4.69) is 10.6 Å². The summed E-state index contributed by atoms with van der Waals surface area (Å²) in [5, 5.41) is 5.70. The summed E-state index contributed by atoms with van der Waals surface area (Å²) in [4.78, 5) is 24.7. The third-order valence-electron chi connectivity index (χ3n) is 5.59. The van der Waals surface area contributed by atoms with E-state index in [-0.39, 0.29) is 11.8 Å². The fraction of sp³-hybridized carbons (Fsp3) is 0.0968. The minimum Gasteiger partial charge on any atom is -0.497 e. The number of rotatable bonds is 10. The molecule has 0 heterocycles. The molecule has 6 nitrogen and oxygen atoms in total. The SMILES string of the molecule is COc1ccc(NC(=O)c2ccc(CNC(=O)/C=C/c3ccc(OCc4ccccc4)cc3)cc2)cc1. The number of nitrogens with one attached hydrogen (secondary N) is 2. The average Bonchev–Trinajstić information content (AvgIpc) is 2.95. The Morgan fingerprint density at radius 1 is 0.757 bits per heavy atom. The van der Waals surface area contributed by atoms with Gasteiger partial charge in [-0.3, -0.25) is 9.59 Å². The Morgan fingerprint density at radius 2 is 1.43 bits per heavy atom. The number of ether oxygens (including phenoxy) is 2. The zero-order valence-corrected chi connectivity index (χ0v) is 20.5. The highest BCUT2D eigenvalue weighted by Crippen LogP contribution is 2.17. The van der Waals surface area contributed by atoms with Crippen LogP contribution in [0.4, 0.5) is 5.69 Å². The lowest BCUT2D eigenvalue weighted by molar-refractivity contribution is -0.116. The average molecular weight is 493 g/mol. The number of benzene rings is 4. The van der Waals surface area contributed by atoms with E-state index in [0.29, 0.717) is 24.4 Å². The highest BCUT2D eigenvalue weighted by molar-refractivity contribution is 6.04. The minimum atomic E-state index is -0.208. The molecule has 4 aromatic rings. The number of methoxy groups -OCH3 is 1.